The number of fused-ring (bicyclic) bond motifs is 3. The normalized spacial score (nSPS) is 12.8. The van der Waals surface area contributed by atoms with E-state index in [9.17, 15) is 9.59 Å². The van der Waals surface area contributed by atoms with Crippen molar-refractivity contribution in [3.05, 3.63) is 55.9 Å². The molecule has 0 spiro atoms. The number of aromatic amines is 1. The lowest BCUT2D eigenvalue weighted by Crippen LogP contribution is -2.30. The van der Waals surface area contributed by atoms with Gasteiger partial charge in [-0.15, -0.1) is 23.1 Å². The zero-order chi connectivity index (χ0) is 21.8. The van der Waals surface area contributed by atoms with Crippen LogP contribution in [0.25, 0.3) is 10.2 Å². The Morgan fingerprint density at radius 1 is 1.39 bits per heavy atom. The van der Waals surface area contributed by atoms with E-state index in [1.165, 1.54) is 22.2 Å². The van der Waals surface area contributed by atoms with Gasteiger partial charge in [-0.05, 0) is 49.4 Å². The lowest BCUT2D eigenvalue weighted by molar-refractivity contribution is -0.127. The van der Waals surface area contributed by atoms with Crippen LogP contribution in [-0.2, 0) is 23.4 Å². The summed E-state index contributed by atoms with van der Waals surface area (Å²) >= 11 is 9.04. The molecule has 1 amide bonds. The number of aromatic nitrogens is 2. The summed E-state index contributed by atoms with van der Waals surface area (Å²) in [6, 6.07) is 7.27. The van der Waals surface area contributed by atoms with Crippen molar-refractivity contribution in [3.63, 3.8) is 0 Å². The molecule has 0 aliphatic heterocycles. The molecule has 6 nitrogen and oxygen atoms in total. The lowest BCUT2D eigenvalue weighted by atomic mass is 10.2. The molecule has 0 atom stereocenters. The summed E-state index contributed by atoms with van der Waals surface area (Å²) in [4.78, 5) is 36.2. The van der Waals surface area contributed by atoms with Crippen molar-refractivity contribution in [1.29, 1.82) is 0 Å². The van der Waals surface area contributed by atoms with Crippen LogP contribution in [0, 0.1) is 0 Å². The molecule has 1 aliphatic carbocycles. The molecule has 3 aromatic rings. The van der Waals surface area contributed by atoms with E-state index in [2.05, 4.69) is 9.97 Å². The fourth-order valence-electron chi connectivity index (χ4n) is 3.63. The number of H-pyrrole nitrogens is 1. The van der Waals surface area contributed by atoms with Gasteiger partial charge in [0.05, 0.1) is 23.5 Å². The van der Waals surface area contributed by atoms with E-state index >= 15 is 0 Å². The number of halogens is 1. The van der Waals surface area contributed by atoms with Crippen LogP contribution in [0.2, 0.25) is 5.02 Å². The summed E-state index contributed by atoms with van der Waals surface area (Å²) in [5.74, 6) is 2.25. The third-order valence-corrected chi connectivity index (χ3v) is 7.57. The molecule has 1 aromatic carbocycles. The summed E-state index contributed by atoms with van der Waals surface area (Å²) in [7, 11) is 1.79. The number of rotatable bonds is 9. The van der Waals surface area contributed by atoms with Gasteiger partial charge >= 0.3 is 0 Å². The van der Waals surface area contributed by atoms with Gasteiger partial charge in [-0.3, -0.25) is 9.59 Å². The van der Waals surface area contributed by atoms with Crippen LogP contribution in [0.3, 0.4) is 0 Å². The van der Waals surface area contributed by atoms with Gasteiger partial charge in [-0.1, -0.05) is 17.7 Å². The molecular formula is C22H24ClN3O3S2. The predicted molar refractivity (Wildman–Crippen MR) is 128 cm³/mol. The van der Waals surface area contributed by atoms with Gasteiger partial charge in [0.1, 0.15) is 16.4 Å². The lowest BCUT2D eigenvalue weighted by Gasteiger charge is -2.17. The van der Waals surface area contributed by atoms with Gasteiger partial charge in [0, 0.05) is 23.5 Å². The summed E-state index contributed by atoms with van der Waals surface area (Å²) in [5.41, 5.74) is 1.13. The molecule has 0 fully saturated rings. The number of hydrogen-bond donors (Lipinski definition) is 1. The maximum Gasteiger partial charge on any atom is 0.259 e. The van der Waals surface area contributed by atoms with Gasteiger partial charge in [0.25, 0.3) is 5.56 Å². The van der Waals surface area contributed by atoms with Crippen LogP contribution < -0.4 is 10.3 Å². The molecule has 0 saturated carbocycles. The number of carbonyl (C=O) groups is 1. The van der Waals surface area contributed by atoms with E-state index in [0.29, 0.717) is 35.5 Å². The highest BCUT2D eigenvalue weighted by atomic mass is 35.5. The molecule has 0 unspecified atom stereocenters. The number of benzene rings is 1. The quantitative estimate of drug-likeness (QED) is 0.465. The third-order valence-electron chi connectivity index (χ3n) is 5.22. The molecule has 0 saturated heterocycles. The van der Waals surface area contributed by atoms with E-state index in [1.54, 1.807) is 35.4 Å². The molecular weight excluding hydrogens is 454 g/mol. The average molecular weight is 478 g/mol. The summed E-state index contributed by atoms with van der Waals surface area (Å²) < 4.78 is 5.66. The van der Waals surface area contributed by atoms with Crippen LogP contribution in [0.1, 0.15) is 29.1 Å². The van der Waals surface area contributed by atoms with Gasteiger partial charge in [-0.25, -0.2) is 4.98 Å². The first kappa shape index (κ1) is 22.2. The van der Waals surface area contributed by atoms with Crippen molar-refractivity contribution in [3.8, 4) is 5.75 Å². The molecule has 1 N–H and O–H groups in total. The zero-order valence-corrected chi connectivity index (χ0v) is 19.7. The molecule has 0 bridgehead atoms. The van der Waals surface area contributed by atoms with Crippen LogP contribution >= 0.6 is 34.7 Å². The first-order valence-electron chi connectivity index (χ1n) is 10.2. The zero-order valence-electron chi connectivity index (χ0n) is 17.3. The molecule has 31 heavy (non-hydrogen) atoms. The predicted octanol–water partition coefficient (Wildman–Crippen LogP) is 4.29. The fourth-order valence-corrected chi connectivity index (χ4v) is 5.92. The first-order chi connectivity index (χ1) is 15.0. The summed E-state index contributed by atoms with van der Waals surface area (Å²) in [5, 5.41) is 1.40. The van der Waals surface area contributed by atoms with Gasteiger partial charge < -0.3 is 14.6 Å². The Hall–Kier alpha value is -2.03. The molecule has 0 radical (unpaired) electrons. The number of nitrogens with zero attached hydrogens (tertiary/aromatic N) is 2. The van der Waals surface area contributed by atoms with Crippen molar-refractivity contribution >= 4 is 50.8 Å². The van der Waals surface area contributed by atoms with Gasteiger partial charge in [-0.2, -0.15) is 0 Å². The first-order valence-corrected chi connectivity index (χ1v) is 12.6. The van der Waals surface area contributed by atoms with Crippen LogP contribution in [0.15, 0.2) is 29.1 Å². The second-order valence-corrected chi connectivity index (χ2v) is 10.0. The number of carbonyl (C=O) groups excluding carboxylic acids is 1. The van der Waals surface area contributed by atoms with Crippen LogP contribution in [0.4, 0.5) is 0 Å². The highest BCUT2D eigenvalue weighted by Crippen LogP contribution is 2.34. The Bertz CT molecular complexity index is 1140. The second kappa shape index (κ2) is 10.1. The minimum Gasteiger partial charge on any atom is -0.493 e. The maximum absolute atomic E-state index is 12.5. The van der Waals surface area contributed by atoms with E-state index in [1.807, 2.05) is 12.1 Å². The van der Waals surface area contributed by atoms with Gasteiger partial charge in [0.15, 0.2) is 0 Å². The number of thioether (sulfide) groups is 1. The Kier molecular flexibility index (Phi) is 7.20. The molecule has 2 heterocycles. The standard InChI is InChI=1S/C22H24ClN3O3S2/c1-26(9-4-10-29-15-6-2-5-14(23)11-15)19(27)13-30-12-18-24-21(28)20-16-7-3-8-17(16)31-22(20)25-18/h2,5-6,11H,3-4,7-10,12-13H2,1H3,(H,24,25,28). The highest BCUT2D eigenvalue weighted by molar-refractivity contribution is 7.99. The summed E-state index contributed by atoms with van der Waals surface area (Å²) in [6.07, 6.45) is 3.87. The fraction of sp³-hybridized carbons (Fsp3) is 0.409. The number of aryl methyl sites for hydroxylation is 2. The highest BCUT2D eigenvalue weighted by Gasteiger charge is 2.21. The number of amides is 1. The van der Waals surface area contributed by atoms with E-state index in [0.717, 1.165) is 41.6 Å². The molecule has 164 valence electrons. The van der Waals surface area contributed by atoms with Crippen molar-refractivity contribution < 1.29 is 9.53 Å². The molecule has 2 aromatic heterocycles. The Labute approximate surface area is 194 Å². The largest absolute Gasteiger partial charge is 0.493 e. The number of thiophene rings is 1. The number of hydrogen-bond acceptors (Lipinski definition) is 6. The topological polar surface area (TPSA) is 75.3 Å². The Morgan fingerprint density at radius 2 is 2.26 bits per heavy atom. The Morgan fingerprint density at radius 3 is 3.10 bits per heavy atom. The van der Waals surface area contributed by atoms with Crippen molar-refractivity contribution in [1.82, 2.24) is 14.9 Å². The van der Waals surface area contributed by atoms with Gasteiger partial charge in [0.2, 0.25) is 5.91 Å². The minimum absolute atomic E-state index is 0.0475. The maximum atomic E-state index is 12.5. The average Bonchev–Trinajstić information content (AvgIpc) is 3.32. The van der Waals surface area contributed by atoms with Crippen LogP contribution in [0.5, 0.6) is 5.75 Å². The minimum atomic E-state index is -0.0526. The SMILES string of the molecule is CN(CCCOc1cccc(Cl)c1)C(=O)CSCc1nc2sc3c(c2c(=O)[nH]1)CCC3. The van der Waals surface area contributed by atoms with Crippen molar-refractivity contribution in [2.45, 2.75) is 31.4 Å². The number of nitrogens with one attached hydrogen (secondary N) is 1. The van der Waals surface area contributed by atoms with Crippen molar-refractivity contribution in [2.24, 2.45) is 0 Å². The third kappa shape index (κ3) is 5.42. The van der Waals surface area contributed by atoms with E-state index in [4.69, 9.17) is 16.3 Å². The number of ether oxygens (including phenoxy) is 1. The monoisotopic (exact) mass is 477 g/mol. The molecule has 4 rings (SSSR count). The van der Waals surface area contributed by atoms with E-state index in [-0.39, 0.29) is 11.5 Å². The van der Waals surface area contributed by atoms with Crippen LogP contribution in [-0.4, -0.2) is 46.7 Å². The summed E-state index contributed by atoms with van der Waals surface area (Å²) in [6.45, 7) is 1.13. The second-order valence-electron chi connectivity index (χ2n) is 7.52. The molecule has 9 heteroatoms. The van der Waals surface area contributed by atoms with E-state index < -0.39 is 0 Å². The Balaban J connectivity index is 1.21. The molecule has 1 aliphatic rings. The van der Waals surface area contributed by atoms with Crippen molar-refractivity contribution in [2.75, 3.05) is 26.0 Å². The smallest absolute Gasteiger partial charge is 0.259 e.